The maximum absolute atomic E-state index is 12.8. The number of carbonyl (C=O) groups is 1. The third-order valence-electron chi connectivity index (χ3n) is 5.51. The number of hydrogen-bond acceptors (Lipinski definition) is 6. The normalized spacial score (nSPS) is 16.8. The zero-order valence-electron chi connectivity index (χ0n) is 17.7. The van der Waals surface area contributed by atoms with Crippen molar-refractivity contribution in [2.75, 3.05) is 27.3 Å². The van der Waals surface area contributed by atoms with Gasteiger partial charge in [-0.1, -0.05) is 6.07 Å². The molecule has 0 aliphatic carbocycles. The number of nitrogens with zero attached hydrogens (tertiary/aromatic N) is 1. The lowest BCUT2D eigenvalue weighted by Crippen LogP contribution is -2.43. The first-order valence-corrected chi connectivity index (χ1v) is 12.2. The largest absolute Gasteiger partial charge is 0.493 e. The van der Waals surface area contributed by atoms with Crippen molar-refractivity contribution in [3.8, 4) is 11.5 Å². The average Bonchev–Trinajstić information content (AvgIpc) is 3.29. The Hall–Kier alpha value is -2.10. The van der Waals surface area contributed by atoms with Gasteiger partial charge in [-0.25, -0.2) is 8.42 Å². The Labute approximate surface area is 182 Å². The first-order chi connectivity index (χ1) is 14.3. The smallest absolute Gasteiger partial charge is 0.252 e. The van der Waals surface area contributed by atoms with Gasteiger partial charge in [0.25, 0.3) is 10.0 Å². The first-order valence-electron chi connectivity index (χ1n) is 9.84. The number of ether oxygens (including phenoxy) is 2. The van der Waals surface area contributed by atoms with Crippen molar-refractivity contribution in [2.45, 2.75) is 36.9 Å². The first kappa shape index (κ1) is 22.6. The number of carbonyl (C=O) groups excluding carboxylic acids is 1. The van der Waals surface area contributed by atoms with Crippen molar-refractivity contribution in [1.29, 1.82) is 0 Å². The molecule has 2 heterocycles. The van der Waals surface area contributed by atoms with E-state index in [2.05, 4.69) is 5.32 Å². The predicted molar refractivity (Wildman–Crippen MR) is 117 cm³/mol. The fourth-order valence-electron chi connectivity index (χ4n) is 3.77. The fraction of sp³-hybridized carbons (Fsp3) is 0.476. The van der Waals surface area contributed by atoms with Crippen molar-refractivity contribution in [3.63, 3.8) is 0 Å². The zero-order valence-corrected chi connectivity index (χ0v) is 19.3. The maximum atomic E-state index is 12.8. The SMILES string of the molecule is COc1cc(C)c(C(C)NC(=O)C2CCN(S(=O)(=O)c3cccs3)CC2)cc1OC. The van der Waals surface area contributed by atoms with E-state index in [1.165, 1.54) is 15.6 Å². The number of sulfonamides is 1. The van der Waals surface area contributed by atoms with Gasteiger partial charge in [-0.05, 0) is 61.4 Å². The van der Waals surface area contributed by atoms with E-state index in [4.69, 9.17) is 9.47 Å². The van der Waals surface area contributed by atoms with Crippen LogP contribution in [0.1, 0.15) is 36.9 Å². The Kier molecular flexibility index (Phi) is 7.05. The number of methoxy groups -OCH3 is 2. The molecule has 1 saturated heterocycles. The molecule has 1 N–H and O–H groups in total. The zero-order chi connectivity index (χ0) is 21.9. The summed E-state index contributed by atoms with van der Waals surface area (Å²) in [4.78, 5) is 12.8. The van der Waals surface area contributed by atoms with Gasteiger partial charge in [-0.3, -0.25) is 4.79 Å². The molecule has 1 aromatic carbocycles. The molecule has 1 aliphatic rings. The highest BCUT2D eigenvalue weighted by atomic mass is 32.2. The van der Waals surface area contributed by atoms with Crippen LogP contribution in [-0.4, -0.2) is 45.9 Å². The molecule has 0 bridgehead atoms. The van der Waals surface area contributed by atoms with E-state index in [1.54, 1.807) is 31.7 Å². The van der Waals surface area contributed by atoms with Crippen molar-refractivity contribution in [1.82, 2.24) is 9.62 Å². The molecule has 7 nitrogen and oxygen atoms in total. The van der Waals surface area contributed by atoms with Crippen molar-refractivity contribution >= 4 is 27.3 Å². The van der Waals surface area contributed by atoms with Crippen LogP contribution in [0.2, 0.25) is 0 Å². The molecule has 1 fully saturated rings. The Morgan fingerprint density at radius 1 is 1.20 bits per heavy atom. The minimum Gasteiger partial charge on any atom is -0.493 e. The van der Waals surface area contributed by atoms with Gasteiger partial charge in [0, 0.05) is 19.0 Å². The van der Waals surface area contributed by atoms with E-state index in [9.17, 15) is 13.2 Å². The highest BCUT2D eigenvalue weighted by Crippen LogP contribution is 2.33. The maximum Gasteiger partial charge on any atom is 0.252 e. The summed E-state index contributed by atoms with van der Waals surface area (Å²) in [7, 11) is -0.287. The van der Waals surface area contributed by atoms with Crippen LogP contribution in [-0.2, 0) is 14.8 Å². The number of amides is 1. The Morgan fingerprint density at radius 3 is 2.40 bits per heavy atom. The quantitative estimate of drug-likeness (QED) is 0.696. The summed E-state index contributed by atoms with van der Waals surface area (Å²) in [6.45, 7) is 4.60. The van der Waals surface area contributed by atoms with Crippen LogP contribution in [0.4, 0.5) is 0 Å². The third-order valence-corrected chi connectivity index (χ3v) is 8.78. The standard InChI is InChI=1S/C21H28N2O5S2/c1-14-12-18(27-3)19(28-4)13-17(14)15(2)22-21(24)16-7-9-23(10-8-16)30(25,26)20-6-5-11-29-20/h5-6,11-13,15-16H,7-10H2,1-4H3,(H,22,24). The Balaban J connectivity index is 1.62. The highest BCUT2D eigenvalue weighted by Gasteiger charge is 2.33. The molecule has 0 radical (unpaired) electrons. The van der Waals surface area contributed by atoms with Crippen LogP contribution < -0.4 is 14.8 Å². The second-order valence-electron chi connectivity index (χ2n) is 7.40. The summed E-state index contributed by atoms with van der Waals surface area (Å²) in [6, 6.07) is 6.92. The van der Waals surface area contributed by atoms with E-state index in [1.807, 2.05) is 26.0 Å². The lowest BCUT2D eigenvalue weighted by Gasteiger charge is -2.31. The monoisotopic (exact) mass is 452 g/mol. The Morgan fingerprint density at radius 2 is 1.83 bits per heavy atom. The second-order valence-corrected chi connectivity index (χ2v) is 10.5. The minimum atomic E-state index is -3.46. The lowest BCUT2D eigenvalue weighted by molar-refractivity contribution is -0.126. The number of hydrogen-bond donors (Lipinski definition) is 1. The van der Waals surface area contributed by atoms with Gasteiger partial charge in [0.2, 0.25) is 5.91 Å². The summed E-state index contributed by atoms with van der Waals surface area (Å²) < 4.78 is 37.8. The minimum absolute atomic E-state index is 0.0511. The molecule has 1 amide bonds. The van der Waals surface area contributed by atoms with Crippen LogP contribution in [0.25, 0.3) is 0 Å². The van der Waals surface area contributed by atoms with Crippen LogP contribution in [0, 0.1) is 12.8 Å². The molecule has 2 aromatic rings. The molecule has 0 saturated carbocycles. The molecule has 1 aliphatic heterocycles. The van der Waals surface area contributed by atoms with Crippen LogP contribution in [0.3, 0.4) is 0 Å². The summed E-state index contributed by atoms with van der Waals surface area (Å²) in [5.74, 6) is 1.01. The number of benzene rings is 1. The van der Waals surface area contributed by atoms with Gasteiger partial charge >= 0.3 is 0 Å². The topological polar surface area (TPSA) is 84.9 Å². The predicted octanol–water partition coefficient (Wildman–Crippen LogP) is 3.35. The van der Waals surface area contributed by atoms with Crippen LogP contribution in [0.15, 0.2) is 33.9 Å². The highest BCUT2D eigenvalue weighted by molar-refractivity contribution is 7.91. The summed E-state index contributed by atoms with van der Waals surface area (Å²) >= 11 is 1.22. The third kappa shape index (κ3) is 4.63. The van der Waals surface area contributed by atoms with E-state index >= 15 is 0 Å². The Bertz CT molecular complexity index is 981. The van der Waals surface area contributed by atoms with Gasteiger partial charge < -0.3 is 14.8 Å². The van der Waals surface area contributed by atoms with E-state index in [0.717, 1.165) is 11.1 Å². The van der Waals surface area contributed by atoms with Gasteiger partial charge in [-0.15, -0.1) is 11.3 Å². The van der Waals surface area contributed by atoms with Crippen molar-refractivity contribution in [3.05, 3.63) is 40.8 Å². The molecule has 1 atom stereocenters. The molecule has 30 heavy (non-hydrogen) atoms. The number of thiophene rings is 1. The van der Waals surface area contributed by atoms with E-state index in [0.29, 0.717) is 41.6 Å². The van der Waals surface area contributed by atoms with Crippen molar-refractivity contribution in [2.24, 2.45) is 5.92 Å². The lowest BCUT2D eigenvalue weighted by atomic mass is 9.95. The number of rotatable bonds is 7. The van der Waals surface area contributed by atoms with Gasteiger partial charge in [-0.2, -0.15) is 4.31 Å². The van der Waals surface area contributed by atoms with Gasteiger partial charge in [0.05, 0.1) is 20.3 Å². The molecule has 9 heteroatoms. The number of nitrogens with one attached hydrogen (secondary N) is 1. The molecule has 0 spiro atoms. The number of aryl methyl sites for hydroxylation is 1. The summed E-state index contributed by atoms with van der Waals surface area (Å²) in [5.41, 5.74) is 1.95. The molecule has 1 aromatic heterocycles. The van der Waals surface area contributed by atoms with Crippen LogP contribution in [0.5, 0.6) is 11.5 Å². The van der Waals surface area contributed by atoms with Crippen molar-refractivity contribution < 1.29 is 22.7 Å². The molecule has 1 unspecified atom stereocenters. The summed E-state index contributed by atoms with van der Waals surface area (Å²) in [5, 5.41) is 4.83. The average molecular weight is 453 g/mol. The van der Waals surface area contributed by atoms with Gasteiger partial charge in [0.1, 0.15) is 4.21 Å². The number of piperidine rings is 1. The molecule has 3 rings (SSSR count). The second kappa shape index (κ2) is 9.36. The van der Waals surface area contributed by atoms with Gasteiger partial charge in [0.15, 0.2) is 11.5 Å². The molecule has 164 valence electrons. The van der Waals surface area contributed by atoms with E-state index < -0.39 is 10.0 Å². The molecular formula is C21H28N2O5S2. The van der Waals surface area contributed by atoms with Crippen LogP contribution >= 0.6 is 11.3 Å². The van der Waals surface area contributed by atoms with E-state index in [-0.39, 0.29) is 17.9 Å². The fourth-order valence-corrected chi connectivity index (χ4v) is 6.38. The summed E-state index contributed by atoms with van der Waals surface area (Å²) in [6.07, 6.45) is 1.02. The molecular weight excluding hydrogens is 424 g/mol.